The predicted molar refractivity (Wildman–Crippen MR) is 123 cm³/mol. The Morgan fingerprint density at radius 3 is 2.41 bits per heavy atom. The molecule has 2 saturated carbocycles. The van der Waals surface area contributed by atoms with Gasteiger partial charge in [0.2, 0.25) is 0 Å². The van der Waals surface area contributed by atoms with Crippen LogP contribution < -0.4 is 10.2 Å². The summed E-state index contributed by atoms with van der Waals surface area (Å²) in [5.74, 6) is 0.449. The second kappa shape index (κ2) is 8.79. The summed E-state index contributed by atoms with van der Waals surface area (Å²) >= 11 is -0.229. The number of nitrogens with zero attached hydrogens (tertiary/aromatic N) is 3. The van der Waals surface area contributed by atoms with Crippen LogP contribution in [-0.2, 0) is 11.3 Å². The van der Waals surface area contributed by atoms with E-state index < -0.39 is 17.1 Å². The predicted octanol–water partition coefficient (Wildman–Crippen LogP) is 5.94. The second-order valence-electron chi connectivity index (χ2n) is 9.11. The zero-order valence-corrected chi connectivity index (χ0v) is 19.3. The summed E-state index contributed by atoms with van der Waals surface area (Å²) in [6.07, 6.45) is 8.76. The number of nitrogens with one attached hydrogen (secondary N) is 1. The fraction of sp³-hybridized carbons (Fsp3) is 0.458. The molecule has 1 aromatic carbocycles. The van der Waals surface area contributed by atoms with E-state index in [1.807, 2.05) is 12.1 Å². The normalized spacial score (nSPS) is 20.3. The van der Waals surface area contributed by atoms with E-state index in [2.05, 4.69) is 10.3 Å². The third-order valence-corrected chi connectivity index (χ3v) is 7.45. The van der Waals surface area contributed by atoms with Gasteiger partial charge in [0.25, 0.3) is 5.91 Å². The van der Waals surface area contributed by atoms with Crippen LogP contribution in [0.5, 0.6) is 0 Å². The molecule has 5 rings (SSSR count). The number of carbonyl (C=O) groups excluding carboxylic acids is 2. The van der Waals surface area contributed by atoms with Crippen LogP contribution in [0, 0.1) is 0 Å². The number of alkyl halides is 3. The minimum atomic E-state index is -4.40. The molecule has 3 aliphatic rings. The molecule has 1 saturated heterocycles. The molecular weight excluding hydrogens is 465 g/mol. The Hall–Kier alpha value is -2.75. The Kier molecular flexibility index (Phi) is 5.95. The van der Waals surface area contributed by atoms with Gasteiger partial charge in [-0.3, -0.25) is 4.79 Å². The van der Waals surface area contributed by atoms with Gasteiger partial charge < -0.3 is 10.2 Å². The fourth-order valence-corrected chi connectivity index (χ4v) is 5.39. The highest BCUT2D eigenvalue weighted by Gasteiger charge is 2.65. The van der Waals surface area contributed by atoms with Crippen molar-refractivity contribution in [3.05, 3.63) is 48.2 Å². The van der Waals surface area contributed by atoms with Crippen LogP contribution in [-0.4, -0.2) is 38.9 Å². The van der Waals surface area contributed by atoms with Crippen LogP contribution >= 0.6 is 11.8 Å². The molecule has 1 spiro atoms. The van der Waals surface area contributed by atoms with Crippen LogP contribution in [0.2, 0.25) is 0 Å². The third-order valence-electron chi connectivity index (χ3n) is 6.71. The number of benzene rings is 1. The van der Waals surface area contributed by atoms with E-state index in [-0.39, 0.29) is 34.8 Å². The zero-order chi connectivity index (χ0) is 23.9. The minimum Gasteiger partial charge on any atom is -0.367 e. The third kappa shape index (κ3) is 4.60. The first-order valence-electron chi connectivity index (χ1n) is 11.5. The van der Waals surface area contributed by atoms with E-state index in [0.29, 0.717) is 18.9 Å². The van der Waals surface area contributed by atoms with Crippen LogP contribution in [0.25, 0.3) is 0 Å². The maximum atomic E-state index is 13.3. The van der Waals surface area contributed by atoms with Crippen molar-refractivity contribution >= 4 is 35.2 Å². The van der Waals surface area contributed by atoms with Crippen LogP contribution in [0.4, 0.5) is 29.5 Å². The first-order chi connectivity index (χ1) is 16.2. The Labute approximate surface area is 199 Å². The molecule has 0 atom stereocenters. The number of aromatic nitrogens is 1. The van der Waals surface area contributed by atoms with E-state index in [4.69, 9.17) is 0 Å². The lowest BCUT2D eigenvalue weighted by atomic mass is 9.95. The number of urea groups is 1. The summed E-state index contributed by atoms with van der Waals surface area (Å²) < 4.78 is 37.9. The number of thioether (sulfide) groups is 1. The van der Waals surface area contributed by atoms with Gasteiger partial charge in [-0.2, -0.15) is 13.2 Å². The van der Waals surface area contributed by atoms with Crippen molar-refractivity contribution in [2.75, 3.05) is 10.2 Å². The molecule has 1 aliphatic heterocycles. The van der Waals surface area contributed by atoms with Crippen molar-refractivity contribution in [2.24, 2.45) is 0 Å². The minimum absolute atomic E-state index is 0.00289. The van der Waals surface area contributed by atoms with Crippen LogP contribution in [0.3, 0.4) is 0 Å². The van der Waals surface area contributed by atoms with Crippen LogP contribution in [0.1, 0.15) is 50.5 Å². The smallest absolute Gasteiger partial charge is 0.367 e. The van der Waals surface area contributed by atoms with Gasteiger partial charge in [0.1, 0.15) is 11.4 Å². The molecule has 1 aromatic heterocycles. The summed E-state index contributed by atoms with van der Waals surface area (Å²) in [5.41, 5.74) is -4.11. The van der Waals surface area contributed by atoms with Crippen molar-refractivity contribution in [1.29, 1.82) is 0 Å². The van der Waals surface area contributed by atoms with E-state index in [1.165, 1.54) is 43.5 Å². The molecule has 0 unspecified atom stereocenters. The molecule has 1 N–H and O–H groups in total. The van der Waals surface area contributed by atoms with Crippen LogP contribution in [0.15, 0.2) is 47.5 Å². The number of hydrogen-bond donors (Lipinski definition) is 1. The highest BCUT2D eigenvalue weighted by molar-refractivity contribution is 8.00. The fourth-order valence-electron chi connectivity index (χ4n) is 4.85. The number of rotatable bonds is 6. The second-order valence-corrected chi connectivity index (χ2v) is 10.2. The highest BCUT2D eigenvalue weighted by Crippen LogP contribution is 2.50. The lowest BCUT2D eigenvalue weighted by Gasteiger charge is -2.24. The lowest BCUT2D eigenvalue weighted by molar-refractivity contribution is -0.120. The first kappa shape index (κ1) is 23.0. The molecule has 0 bridgehead atoms. The van der Waals surface area contributed by atoms with Crippen molar-refractivity contribution in [3.63, 3.8) is 0 Å². The molecule has 10 heteroatoms. The number of carbonyl (C=O) groups is 2. The number of hydrogen-bond acceptors (Lipinski definition) is 5. The lowest BCUT2D eigenvalue weighted by Crippen LogP contribution is -2.36. The van der Waals surface area contributed by atoms with Gasteiger partial charge in [-0.05, 0) is 79.4 Å². The topological polar surface area (TPSA) is 65.5 Å². The molecular formula is C24H25F3N4O2S. The summed E-state index contributed by atoms with van der Waals surface area (Å²) in [4.78, 5) is 33.6. The van der Waals surface area contributed by atoms with Crippen molar-refractivity contribution in [1.82, 2.24) is 9.88 Å². The average Bonchev–Trinajstić information content (AvgIpc) is 3.57. The number of pyridine rings is 1. The van der Waals surface area contributed by atoms with Gasteiger partial charge in [-0.15, -0.1) is 0 Å². The van der Waals surface area contributed by atoms with E-state index in [9.17, 15) is 22.8 Å². The molecule has 3 fully saturated rings. The van der Waals surface area contributed by atoms with Gasteiger partial charge in [-0.25, -0.2) is 14.7 Å². The summed E-state index contributed by atoms with van der Waals surface area (Å²) in [6.45, 7) is 0.269. The maximum Gasteiger partial charge on any atom is 0.446 e. The number of halogens is 3. The summed E-state index contributed by atoms with van der Waals surface area (Å²) in [6, 6.07) is 9.06. The number of anilines is 2. The quantitative estimate of drug-likeness (QED) is 0.401. The summed E-state index contributed by atoms with van der Waals surface area (Å²) in [5, 5.41) is 3.48. The monoisotopic (exact) mass is 490 g/mol. The molecule has 6 nitrogen and oxygen atoms in total. The maximum absolute atomic E-state index is 13.3. The molecule has 180 valence electrons. The summed E-state index contributed by atoms with van der Waals surface area (Å²) in [7, 11) is 0. The van der Waals surface area contributed by atoms with Gasteiger partial charge >= 0.3 is 11.5 Å². The van der Waals surface area contributed by atoms with Gasteiger partial charge in [0.15, 0.2) is 0 Å². The van der Waals surface area contributed by atoms with Crippen molar-refractivity contribution in [3.8, 4) is 0 Å². The average molecular weight is 491 g/mol. The Balaban J connectivity index is 1.32. The van der Waals surface area contributed by atoms with E-state index in [0.717, 1.165) is 29.1 Å². The van der Waals surface area contributed by atoms with Crippen molar-refractivity contribution < 1.29 is 22.8 Å². The first-order valence-corrected chi connectivity index (χ1v) is 12.3. The van der Waals surface area contributed by atoms with Gasteiger partial charge in [0, 0.05) is 23.7 Å². The van der Waals surface area contributed by atoms with Gasteiger partial charge in [0.05, 0.1) is 5.69 Å². The molecule has 2 aromatic rings. The Morgan fingerprint density at radius 2 is 1.76 bits per heavy atom. The SMILES string of the molecule is O=C1N(c2ccc(SC(F)(F)F)cc2)C(=O)C2(CC2)N1Cc1ccnc(NC2CCCCC2)c1. The molecule has 0 radical (unpaired) electrons. The molecule has 2 heterocycles. The zero-order valence-electron chi connectivity index (χ0n) is 18.5. The molecule has 3 amide bonds. The molecule has 34 heavy (non-hydrogen) atoms. The Bertz CT molecular complexity index is 1080. The largest absolute Gasteiger partial charge is 0.446 e. The number of amides is 3. The molecule has 2 aliphatic carbocycles. The highest BCUT2D eigenvalue weighted by atomic mass is 32.2. The van der Waals surface area contributed by atoms with Gasteiger partial charge in [-0.1, -0.05) is 19.3 Å². The Morgan fingerprint density at radius 1 is 1.06 bits per heavy atom. The van der Waals surface area contributed by atoms with E-state index >= 15 is 0 Å². The van der Waals surface area contributed by atoms with E-state index in [1.54, 1.807) is 11.1 Å². The number of imide groups is 1. The standard InChI is InChI=1S/C24H25F3N4O2S/c25-24(26,27)34-19-8-6-18(7-9-19)31-21(32)23(11-12-23)30(22(31)33)15-16-10-13-28-20(14-16)29-17-4-2-1-3-5-17/h6-10,13-14,17H,1-5,11-12,15H2,(H,28,29). The van der Waals surface area contributed by atoms with Crippen molar-refractivity contribution in [2.45, 2.75) is 73.5 Å².